The van der Waals surface area contributed by atoms with Gasteiger partial charge in [0.1, 0.15) is 18.4 Å². The number of aliphatic hydroxyl groups is 1. The van der Waals surface area contributed by atoms with Crippen LogP contribution >= 0.6 is 0 Å². The second-order valence-electron chi connectivity index (χ2n) is 4.86. The first-order valence-electron chi connectivity index (χ1n) is 6.18. The average Bonchev–Trinajstić information content (AvgIpc) is 2.74. The van der Waals surface area contributed by atoms with Crippen LogP contribution in [0.15, 0.2) is 15.8 Å². The van der Waals surface area contributed by atoms with Gasteiger partial charge in [0.2, 0.25) is 0 Å². The molecule has 0 spiro atoms. The monoisotopic (exact) mass is 320 g/mol. The molecule has 0 radical (unpaired) electrons. The third-order valence-corrected chi connectivity index (χ3v) is 3.71. The number of aliphatic hydroxyl groups excluding tert-OH is 1. The Morgan fingerprint density at radius 3 is 2.76 bits per heavy atom. The van der Waals surface area contributed by atoms with E-state index in [2.05, 4.69) is 4.98 Å². The van der Waals surface area contributed by atoms with Crippen molar-refractivity contribution in [2.24, 2.45) is 0 Å². The first-order chi connectivity index (χ1) is 9.71. The van der Waals surface area contributed by atoms with E-state index in [1.54, 1.807) is 0 Å². The third-order valence-electron chi connectivity index (χ3n) is 3.11. The summed E-state index contributed by atoms with van der Waals surface area (Å²) in [6.07, 6.45) is -0.312. The van der Waals surface area contributed by atoms with E-state index in [9.17, 15) is 23.1 Å². The highest BCUT2D eigenvalue weighted by atomic mass is 32.2. The van der Waals surface area contributed by atoms with Crippen LogP contribution in [0.25, 0.3) is 0 Å². The Bertz CT molecular complexity index is 736. The number of aromatic nitrogens is 2. The minimum Gasteiger partial charge on any atom is -0.394 e. The van der Waals surface area contributed by atoms with Crippen LogP contribution in [0.5, 0.6) is 0 Å². The molecule has 0 aromatic carbocycles. The van der Waals surface area contributed by atoms with Crippen LogP contribution in [0.2, 0.25) is 0 Å². The van der Waals surface area contributed by atoms with Gasteiger partial charge in [0.15, 0.2) is 0 Å². The van der Waals surface area contributed by atoms with Crippen LogP contribution in [0.3, 0.4) is 0 Å². The number of H-pyrrole nitrogens is 1. The Morgan fingerprint density at radius 1 is 1.52 bits per heavy atom. The summed E-state index contributed by atoms with van der Waals surface area (Å²) in [5.41, 5.74) is -0.865. The van der Waals surface area contributed by atoms with Crippen LogP contribution in [-0.2, 0) is 19.0 Å². The van der Waals surface area contributed by atoms with E-state index in [1.807, 2.05) is 0 Å². The Balaban J connectivity index is 2.29. The molecule has 21 heavy (non-hydrogen) atoms. The predicted octanol–water partition coefficient (Wildman–Crippen LogP) is -1.53. The lowest BCUT2D eigenvalue weighted by Crippen LogP contribution is -2.33. The Labute approximate surface area is 120 Å². The molecule has 0 unspecified atom stereocenters. The van der Waals surface area contributed by atoms with Crippen molar-refractivity contribution < 1.29 is 22.4 Å². The maximum absolute atomic E-state index is 11.8. The molecule has 1 saturated heterocycles. The van der Waals surface area contributed by atoms with Gasteiger partial charge in [-0.05, 0) is 6.92 Å². The lowest BCUT2D eigenvalue weighted by molar-refractivity contribution is -0.0413. The highest BCUT2D eigenvalue weighted by Crippen LogP contribution is 2.30. The second kappa shape index (κ2) is 5.72. The largest absolute Gasteiger partial charge is 0.394 e. The number of hydrogen-bond acceptors (Lipinski definition) is 7. The van der Waals surface area contributed by atoms with Gasteiger partial charge in [-0.25, -0.2) is 4.79 Å². The molecular formula is C11H16N2O7S. The fraction of sp³-hybridized carbons (Fsp3) is 0.636. The van der Waals surface area contributed by atoms with Crippen LogP contribution in [-0.4, -0.2) is 48.1 Å². The van der Waals surface area contributed by atoms with Gasteiger partial charge < -0.3 is 9.84 Å². The quantitative estimate of drug-likeness (QED) is 0.644. The van der Waals surface area contributed by atoms with Gasteiger partial charge in [-0.2, -0.15) is 8.42 Å². The van der Waals surface area contributed by atoms with E-state index in [0.29, 0.717) is 5.56 Å². The van der Waals surface area contributed by atoms with Crippen molar-refractivity contribution >= 4 is 10.1 Å². The summed E-state index contributed by atoms with van der Waals surface area (Å²) in [5.74, 6) is 0. The second-order valence-corrected chi connectivity index (χ2v) is 6.47. The van der Waals surface area contributed by atoms with Crippen molar-refractivity contribution in [3.05, 3.63) is 32.6 Å². The number of ether oxygens (including phenoxy) is 1. The molecule has 0 saturated carbocycles. The van der Waals surface area contributed by atoms with E-state index < -0.39 is 46.4 Å². The zero-order valence-electron chi connectivity index (χ0n) is 11.5. The summed E-state index contributed by atoms with van der Waals surface area (Å²) in [5, 5.41) is 9.22. The van der Waals surface area contributed by atoms with Crippen molar-refractivity contribution in [3.63, 3.8) is 0 Å². The van der Waals surface area contributed by atoms with Crippen molar-refractivity contribution in [2.75, 3.05) is 12.9 Å². The average molecular weight is 320 g/mol. The highest BCUT2D eigenvalue weighted by Gasteiger charge is 2.39. The van der Waals surface area contributed by atoms with Gasteiger partial charge in [-0.3, -0.25) is 18.5 Å². The number of rotatable bonds is 4. The van der Waals surface area contributed by atoms with Crippen molar-refractivity contribution in [2.45, 2.75) is 31.8 Å². The van der Waals surface area contributed by atoms with E-state index in [4.69, 9.17) is 8.92 Å². The molecule has 1 aliphatic rings. The number of hydrogen-bond donors (Lipinski definition) is 2. The van der Waals surface area contributed by atoms with Gasteiger partial charge in [-0.15, -0.1) is 0 Å². The summed E-state index contributed by atoms with van der Waals surface area (Å²) in [6, 6.07) is 0. The molecule has 1 aliphatic heterocycles. The first kappa shape index (κ1) is 15.9. The fourth-order valence-corrected chi connectivity index (χ4v) is 2.81. The molecule has 1 aromatic heterocycles. The topological polar surface area (TPSA) is 128 Å². The smallest absolute Gasteiger partial charge is 0.330 e. The molecule has 118 valence electrons. The third kappa shape index (κ3) is 3.59. The highest BCUT2D eigenvalue weighted by molar-refractivity contribution is 7.86. The van der Waals surface area contributed by atoms with Crippen LogP contribution < -0.4 is 11.2 Å². The molecule has 1 fully saturated rings. The summed E-state index contributed by atoms with van der Waals surface area (Å²) >= 11 is 0. The minimum atomic E-state index is -3.72. The summed E-state index contributed by atoms with van der Waals surface area (Å²) < 4.78 is 33.8. The molecule has 1 aromatic rings. The summed E-state index contributed by atoms with van der Waals surface area (Å²) in [6.45, 7) is 1.07. The van der Waals surface area contributed by atoms with Gasteiger partial charge in [0, 0.05) is 18.2 Å². The minimum absolute atomic E-state index is 0.0592. The normalized spacial score (nSPS) is 26.1. The van der Waals surface area contributed by atoms with E-state index in [0.717, 1.165) is 10.8 Å². The molecule has 10 heteroatoms. The first-order valence-corrected chi connectivity index (χ1v) is 7.99. The molecule has 3 atom stereocenters. The maximum Gasteiger partial charge on any atom is 0.330 e. The molecule has 2 N–H and O–H groups in total. The van der Waals surface area contributed by atoms with Gasteiger partial charge in [0.25, 0.3) is 15.7 Å². The van der Waals surface area contributed by atoms with E-state index in [-0.39, 0.29) is 6.42 Å². The molecule has 0 bridgehead atoms. The van der Waals surface area contributed by atoms with E-state index in [1.165, 1.54) is 13.1 Å². The molecule has 0 amide bonds. The van der Waals surface area contributed by atoms with Crippen LogP contribution in [0.1, 0.15) is 18.2 Å². The van der Waals surface area contributed by atoms with Crippen LogP contribution in [0, 0.1) is 6.92 Å². The Kier molecular flexibility index (Phi) is 4.33. The van der Waals surface area contributed by atoms with Gasteiger partial charge in [0.05, 0.1) is 12.9 Å². The maximum atomic E-state index is 11.8. The molecule has 2 heterocycles. The van der Waals surface area contributed by atoms with Crippen molar-refractivity contribution in [3.8, 4) is 0 Å². The number of aromatic amines is 1. The SMILES string of the molecule is Cc1cn([C@@H]2C[C@H](OS(C)(=O)=O)[C@@H](CO)O2)c(=O)[nH]c1=O. The summed E-state index contributed by atoms with van der Waals surface area (Å²) in [7, 11) is -3.72. The zero-order valence-corrected chi connectivity index (χ0v) is 12.3. The lowest BCUT2D eigenvalue weighted by Gasteiger charge is -2.15. The van der Waals surface area contributed by atoms with Crippen molar-refractivity contribution in [1.29, 1.82) is 0 Å². The van der Waals surface area contributed by atoms with Crippen LogP contribution in [0.4, 0.5) is 0 Å². The van der Waals surface area contributed by atoms with Gasteiger partial charge >= 0.3 is 5.69 Å². The molecule has 9 nitrogen and oxygen atoms in total. The Hall–Kier alpha value is -1.49. The zero-order chi connectivity index (χ0) is 15.8. The van der Waals surface area contributed by atoms with Crippen molar-refractivity contribution in [1.82, 2.24) is 9.55 Å². The number of nitrogens with zero attached hydrogens (tertiary/aromatic N) is 1. The number of nitrogens with one attached hydrogen (secondary N) is 1. The standard InChI is InChI=1S/C11H16N2O7S/c1-6-4-13(11(16)12-10(6)15)9-3-7(8(5-14)19-9)20-21(2,17)18/h4,7-9,14H,3,5H2,1-2H3,(H,12,15,16)/t7-,8+,9-/m0/s1. The predicted molar refractivity (Wildman–Crippen MR) is 71.4 cm³/mol. The Morgan fingerprint density at radius 2 is 2.19 bits per heavy atom. The lowest BCUT2D eigenvalue weighted by atomic mass is 10.2. The van der Waals surface area contributed by atoms with E-state index >= 15 is 0 Å². The number of aryl methyl sites for hydroxylation is 1. The fourth-order valence-electron chi connectivity index (χ4n) is 2.16. The molecular weight excluding hydrogens is 304 g/mol. The summed E-state index contributed by atoms with van der Waals surface area (Å²) in [4.78, 5) is 25.2. The molecule has 2 rings (SSSR count). The van der Waals surface area contributed by atoms with Gasteiger partial charge in [-0.1, -0.05) is 0 Å². The molecule has 0 aliphatic carbocycles.